The summed E-state index contributed by atoms with van der Waals surface area (Å²) in [6.45, 7) is 1.03. The van der Waals surface area contributed by atoms with E-state index in [1.54, 1.807) is 42.8 Å². The number of methoxy groups -OCH3 is 1. The molecule has 0 aliphatic heterocycles. The summed E-state index contributed by atoms with van der Waals surface area (Å²) in [6.07, 6.45) is 1.15. The molecule has 1 amide bonds. The lowest BCUT2D eigenvalue weighted by atomic mass is 10.3. The average Bonchev–Trinajstić information content (AvgIpc) is 3.00. The van der Waals surface area contributed by atoms with Crippen molar-refractivity contribution in [3.8, 4) is 5.75 Å². The number of rotatable bonds is 9. The number of anilines is 1. The highest BCUT2D eigenvalue weighted by Crippen LogP contribution is 2.14. The molecule has 0 fully saturated rings. The van der Waals surface area contributed by atoms with E-state index in [2.05, 4.69) is 15.0 Å². The number of esters is 1. The molecule has 2 N–H and O–H groups in total. The van der Waals surface area contributed by atoms with Crippen LogP contribution >= 0.6 is 0 Å². The van der Waals surface area contributed by atoms with E-state index in [0.717, 1.165) is 0 Å². The Morgan fingerprint density at radius 3 is 2.46 bits per heavy atom. The zero-order chi connectivity index (χ0) is 20.7. The highest BCUT2D eigenvalue weighted by molar-refractivity contribution is 7.89. The van der Waals surface area contributed by atoms with Crippen molar-refractivity contribution in [2.45, 2.75) is 18.4 Å². The number of ether oxygens (including phenoxy) is 2. The molecule has 152 valence electrons. The Labute approximate surface area is 162 Å². The van der Waals surface area contributed by atoms with Crippen LogP contribution in [0, 0.1) is 6.92 Å². The Kier molecular flexibility index (Phi) is 7.12. The van der Waals surface area contributed by atoms with Crippen molar-refractivity contribution >= 4 is 27.6 Å². The number of nitrogens with one attached hydrogen (secondary N) is 2. The number of hydrogen-bond acceptors (Lipinski definition) is 7. The first kappa shape index (κ1) is 21.4. The van der Waals surface area contributed by atoms with Gasteiger partial charge in [-0.1, -0.05) is 0 Å². The van der Waals surface area contributed by atoms with Crippen LogP contribution in [0.1, 0.15) is 12.2 Å². The summed E-state index contributed by atoms with van der Waals surface area (Å²) in [7, 11) is -0.606. The van der Waals surface area contributed by atoms with Gasteiger partial charge in [-0.15, -0.1) is 0 Å². The minimum atomic E-state index is -3.81. The van der Waals surface area contributed by atoms with Gasteiger partial charge in [0.1, 0.15) is 11.6 Å². The van der Waals surface area contributed by atoms with Crippen molar-refractivity contribution in [2.24, 2.45) is 7.05 Å². The molecular formula is C17H22N4O6S. The summed E-state index contributed by atoms with van der Waals surface area (Å²) >= 11 is 0. The highest BCUT2D eigenvalue weighted by atomic mass is 32.2. The predicted octanol–water partition coefficient (Wildman–Crippen LogP) is 0.587. The first-order chi connectivity index (χ1) is 13.2. The van der Waals surface area contributed by atoms with Gasteiger partial charge in [0.2, 0.25) is 0 Å². The number of nitrogens with zero attached hydrogens (tertiary/aromatic N) is 2. The Hall–Kier alpha value is -2.92. The molecule has 1 aromatic heterocycles. The van der Waals surface area contributed by atoms with Crippen LogP contribution in [0.3, 0.4) is 0 Å². The SMILES string of the molecule is COc1ccc(NC(=O)COC(=O)CCNS(=O)(=O)c2cn(C)c(C)n2)cc1. The van der Waals surface area contributed by atoms with Crippen LogP contribution in [0.2, 0.25) is 0 Å². The number of amides is 1. The minimum absolute atomic E-state index is 0.125. The highest BCUT2D eigenvalue weighted by Gasteiger charge is 2.18. The lowest BCUT2D eigenvalue weighted by Gasteiger charge is -2.08. The molecular weight excluding hydrogens is 388 g/mol. The molecule has 0 saturated carbocycles. The van der Waals surface area contributed by atoms with Crippen LogP contribution < -0.4 is 14.8 Å². The van der Waals surface area contributed by atoms with Crippen molar-refractivity contribution in [3.05, 3.63) is 36.3 Å². The number of carbonyl (C=O) groups excluding carboxylic acids is 2. The Bertz CT molecular complexity index is 918. The number of benzene rings is 1. The van der Waals surface area contributed by atoms with Crippen molar-refractivity contribution < 1.29 is 27.5 Å². The van der Waals surface area contributed by atoms with Crippen LogP contribution in [0.5, 0.6) is 5.75 Å². The molecule has 28 heavy (non-hydrogen) atoms. The van der Waals surface area contributed by atoms with Gasteiger partial charge in [0.15, 0.2) is 11.6 Å². The maximum atomic E-state index is 12.1. The van der Waals surface area contributed by atoms with E-state index >= 15 is 0 Å². The molecule has 2 rings (SSSR count). The number of carbonyl (C=O) groups is 2. The molecule has 0 atom stereocenters. The predicted molar refractivity (Wildman–Crippen MR) is 100 cm³/mol. The normalized spacial score (nSPS) is 11.1. The van der Waals surface area contributed by atoms with Crippen LogP contribution in [0.4, 0.5) is 5.69 Å². The molecule has 0 saturated heterocycles. The van der Waals surface area contributed by atoms with E-state index in [-0.39, 0.29) is 18.0 Å². The molecule has 0 radical (unpaired) electrons. The van der Waals surface area contributed by atoms with Gasteiger partial charge in [0, 0.05) is 25.5 Å². The van der Waals surface area contributed by atoms with Crippen molar-refractivity contribution in [1.82, 2.24) is 14.3 Å². The summed E-state index contributed by atoms with van der Waals surface area (Å²) < 4.78 is 37.9. The molecule has 0 bridgehead atoms. The standard InChI is InChI=1S/C17H22N4O6S/c1-12-19-16(10-21(12)2)28(24,25)18-9-8-17(23)27-11-15(22)20-13-4-6-14(26-3)7-5-13/h4-7,10,18H,8-9,11H2,1-3H3,(H,20,22). The van der Waals surface area contributed by atoms with Crippen LogP contribution in [-0.2, 0) is 31.4 Å². The number of imidazole rings is 1. The molecule has 0 spiro atoms. The van der Waals surface area contributed by atoms with E-state index in [4.69, 9.17) is 9.47 Å². The first-order valence-corrected chi connectivity index (χ1v) is 9.79. The van der Waals surface area contributed by atoms with Gasteiger partial charge in [-0.2, -0.15) is 0 Å². The third-order valence-corrected chi connectivity index (χ3v) is 5.05. The molecule has 0 aliphatic rings. The fourth-order valence-corrected chi connectivity index (χ4v) is 3.17. The third kappa shape index (κ3) is 6.06. The van der Waals surface area contributed by atoms with Crippen molar-refractivity contribution in [1.29, 1.82) is 0 Å². The maximum Gasteiger partial charge on any atom is 0.307 e. The fraction of sp³-hybridized carbons (Fsp3) is 0.353. The summed E-state index contributed by atoms with van der Waals surface area (Å²) in [6, 6.07) is 6.65. The number of hydrogen-bond donors (Lipinski definition) is 2. The monoisotopic (exact) mass is 410 g/mol. The first-order valence-electron chi connectivity index (χ1n) is 8.30. The Balaban J connectivity index is 1.72. The van der Waals surface area contributed by atoms with Gasteiger partial charge in [0.25, 0.3) is 15.9 Å². The minimum Gasteiger partial charge on any atom is -0.497 e. The van der Waals surface area contributed by atoms with E-state index < -0.39 is 28.5 Å². The summed E-state index contributed by atoms with van der Waals surface area (Å²) in [5, 5.41) is 2.44. The van der Waals surface area contributed by atoms with Gasteiger partial charge in [-0.05, 0) is 31.2 Å². The second-order valence-electron chi connectivity index (χ2n) is 5.82. The lowest BCUT2D eigenvalue weighted by molar-refractivity contribution is -0.147. The molecule has 10 nitrogen and oxygen atoms in total. The second-order valence-corrected chi connectivity index (χ2v) is 7.54. The summed E-state index contributed by atoms with van der Waals surface area (Å²) in [5.74, 6) is -0.0248. The third-order valence-electron chi connectivity index (χ3n) is 3.72. The molecule has 1 heterocycles. The van der Waals surface area contributed by atoms with E-state index in [9.17, 15) is 18.0 Å². The fourth-order valence-electron chi connectivity index (χ4n) is 2.11. The quantitative estimate of drug-likeness (QED) is 0.579. The van der Waals surface area contributed by atoms with Crippen LogP contribution in [0.15, 0.2) is 35.5 Å². The molecule has 2 aromatic rings. The van der Waals surface area contributed by atoms with Crippen molar-refractivity contribution in [2.75, 3.05) is 25.6 Å². The van der Waals surface area contributed by atoms with Crippen LogP contribution in [0.25, 0.3) is 0 Å². The summed E-state index contributed by atoms with van der Waals surface area (Å²) in [5.41, 5.74) is 0.528. The van der Waals surface area contributed by atoms with Crippen LogP contribution in [-0.4, -0.2) is 50.1 Å². The van der Waals surface area contributed by atoms with E-state index in [1.807, 2.05) is 0 Å². The van der Waals surface area contributed by atoms with Gasteiger partial charge in [0.05, 0.1) is 13.5 Å². The smallest absolute Gasteiger partial charge is 0.307 e. The average molecular weight is 410 g/mol. The Morgan fingerprint density at radius 2 is 1.89 bits per heavy atom. The molecule has 0 aliphatic carbocycles. The van der Waals surface area contributed by atoms with Gasteiger partial charge in [-0.3, -0.25) is 9.59 Å². The van der Waals surface area contributed by atoms with Gasteiger partial charge < -0.3 is 19.4 Å². The molecule has 1 aromatic carbocycles. The summed E-state index contributed by atoms with van der Waals surface area (Å²) in [4.78, 5) is 27.4. The van der Waals surface area contributed by atoms with E-state index in [1.165, 1.54) is 13.3 Å². The maximum absolute atomic E-state index is 12.1. The molecule has 11 heteroatoms. The van der Waals surface area contributed by atoms with Gasteiger partial charge >= 0.3 is 5.97 Å². The Morgan fingerprint density at radius 1 is 1.21 bits per heavy atom. The largest absolute Gasteiger partial charge is 0.497 e. The van der Waals surface area contributed by atoms with Crippen molar-refractivity contribution in [3.63, 3.8) is 0 Å². The number of sulfonamides is 1. The van der Waals surface area contributed by atoms with E-state index in [0.29, 0.717) is 17.3 Å². The lowest BCUT2D eigenvalue weighted by Crippen LogP contribution is -2.28. The topological polar surface area (TPSA) is 129 Å². The molecule has 0 unspecified atom stereocenters. The zero-order valence-electron chi connectivity index (χ0n) is 15.8. The number of aryl methyl sites for hydroxylation is 2. The zero-order valence-corrected chi connectivity index (χ0v) is 16.6. The van der Waals surface area contributed by atoms with Gasteiger partial charge in [-0.25, -0.2) is 18.1 Å². The second kappa shape index (κ2) is 9.33. The number of aromatic nitrogens is 2.